The molecule has 0 bridgehead atoms. The van der Waals surface area contributed by atoms with Gasteiger partial charge in [-0.05, 0) is 56.2 Å². The van der Waals surface area contributed by atoms with Gasteiger partial charge in [-0.25, -0.2) is 8.42 Å². The summed E-state index contributed by atoms with van der Waals surface area (Å²) < 4.78 is 25.6. The van der Waals surface area contributed by atoms with Crippen molar-refractivity contribution in [1.82, 2.24) is 0 Å². The molecule has 3 rings (SSSR count). The normalized spacial score (nSPS) is 11.3. The third-order valence-electron chi connectivity index (χ3n) is 4.12. The van der Waals surface area contributed by atoms with Gasteiger partial charge in [0.2, 0.25) is 9.84 Å². The molecule has 26 heavy (non-hydrogen) atoms. The minimum absolute atomic E-state index is 0.160. The molecule has 4 nitrogen and oxygen atoms in total. The van der Waals surface area contributed by atoms with E-state index in [2.05, 4.69) is 5.32 Å². The molecule has 0 aliphatic carbocycles. The van der Waals surface area contributed by atoms with E-state index in [-0.39, 0.29) is 15.0 Å². The van der Waals surface area contributed by atoms with Crippen LogP contribution in [0.25, 0.3) is 0 Å². The molecule has 0 aliphatic rings. The molecule has 0 spiro atoms. The number of carbonyl (C=O) groups excluding carboxylic acids is 1. The Balaban J connectivity index is 1.87. The summed E-state index contributed by atoms with van der Waals surface area (Å²) in [6, 6.07) is 15.5. The number of benzene rings is 2. The Morgan fingerprint density at radius 1 is 0.885 bits per heavy atom. The second-order valence-corrected chi connectivity index (χ2v) is 9.42. The first kappa shape index (κ1) is 18.4. The fourth-order valence-corrected chi connectivity index (χ4v) is 5.21. The Labute approximate surface area is 157 Å². The van der Waals surface area contributed by atoms with Crippen LogP contribution >= 0.6 is 11.3 Å². The van der Waals surface area contributed by atoms with Gasteiger partial charge in [0, 0.05) is 5.69 Å². The number of carbonyl (C=O) groups is 1. The van der Waals surface area contributed by atoms with Gasteiger partial charge in [0.15, 0.2) is 0 Å². The first-order valence-corrected chi connectivity index (χ1v) is 10.4. The quantitative estimate of drug-likeness (QED) is 0.704. The lowest BCUT2D eigenvalue weighted by Crippen LogP contribution is -2.12. The number of amides is 1. The molecule has 0 fully saturated rings. The summed E-state index contributed by atoms with van der Waals surface area (Å²) in [6.07, 6.45) is 0. The van der Waals surface area contributed by atoms with Crippen LogP contribution in [0.4, 0.5) is 5.69 Å². The molecule has 3 aromatic rings. The number of thiophene rings is 1. The van der Waals surface area contributed by atoms with Crippen LogP contribution in [-0.2, 0) is 9.84 Å². The van der Waals surface area contributed by atoms with Crippen molar-refractivity contribution in [3.8, 4) is 0 Å². The molecular weight excluding hydrogens is 366 g/mol. The zero-order valence-corrected chi connectivity index (χ0v) is 16.4. The molecule has 1 amide bonds. The van der Waals surface area contributed by atoms with Gasteiger partial charge in [-0.2, -0.15) is 0 Å². The van der Waals surface area contributed by atoms with E-state index in [0.29, 0.717) is 4.88 Å². The Kier molecular flexibility index (Phi) is 4.98. The monoisotopic (exact) mass is 385 g/mol. The zero-order chi connectivity index (χ0) is 18.9. The van der Waals surface area contributed by atoms with Gasteiger partial charge in [0.25, 0.3) is 5.91 Å². The minimum atomic E-state index is -3.62. The molecule has 0 aliphatic heterocycles. The lowest BCUT2D eigenvalue weighted by molar-refractivity contribution is 0.103. The average Bonchev–Trinajstić information content (AvgIpc) is 3.09. The van der Waals surface area contributed by atoms with Gasteiger partial charge >= 0.3 is 0 Å². The Morgan fingerprint density at radius 2 is 1.50 bits per heavy atom. The smallest absolute Gasteiger partial charge is 0.265 e. The summed E-state index contributed by atoms with van der Waals surface area (Å²) in [7, 11) is -3.62. The van der Waals surface area contributed by atoms with Crippen LogP contribution in [0.2, 0.25) is 0 Å². The first-order valence-electron chi connectivity index (χ1n) is 8.08. The topological polar surface area (TPSA) is 63.2 Å². The van der Waals surface area contributed by atoms with E-state index in [1.54, 1.807) is 30.3 Å². The number of anilines is 1. The highest BCUT2D eigenvalue weighted by atomic mass is 32.2. The lowest BCUT2D eigenvalue weighted by atomic mass is 10.1. The summed E-state index contributed by atoms with van der Waals surface area (Å²) in [5.74, 6) is -0.308. The van der Waals surface area contributed by atoms with Crippen molar-refractivity contribution in [2.45, 2.75) is 29.9 Å². The van der Waals surface area contributed by atoms with Gasteiger partial charge in [-0.3, -0.25) is 4.79 Å². The van der Waals surface area contributed by atoms with Crippen LogP contribution in [0.1, 0.15) is 26.4 Å². The van der Waals surface area contributed by atoms with Crippen molar-refractivity contribution in [1.29, 1.82) is 0 Å². The lowest BCUT2D eigenvalue weighted by Gasteiger charge is -2.10. The zero-order valence-electron chi connectivity index (χ0n) is 14.7. The molecule has 0 saturated carbocycles. The fourth-order valence-electron chi connectivity index (χ4n) is 2.61. The van der Waals surface area contributed by atoms with Gasteiger partial charge in [-0.1, -0.05) is 35.9 Å². The summed E-state index contributed by atoms with van der Waals surface area (Å²) in [5.41, 5.74) is 3.67. The molecule has 0 atom stereocenters. The molecule has 1 aromatic heterocycles. The second-order valence-electron chi connectivity index (χ2n) is 6.16. The molecule has 0 radical (unpaired) electrons. The first-order chi connectivity index (χ1) is 12.3. The van der Waals surface area contributed by atoms with Gasteiger partial charge in [0.1, 0.15) is 4.21 Å². The van der Waals surface area contributed by atoms with Gasteiger partial charge in [-0.15, -0.1) is 11.3 Å². The van der Waals surface area contributed by atoms with Crippen LogP contribution in [0.3, 0.4) is 0 Å². The van der Waals surface area contributed by atoms with E-state index in [1.165, 1.54) is 6.07 Å². The molecule has 2 aromatic carbocycles. The number of hydrogen-bond acceptors (Lipinski definition) is 4. The third kappa shape index (κ3) is 3.57. The number of aryl methyl sites for hydroxylation is 3. The summed E-state index contributed by atoms with van der Waals surface area (Å²) in [6.45, 7) is 5.74. The van der Waals surface area contributed by atoms with Crippen molar-refractivity contribution in [3.63, 3.8) is 0 Å². The minimum Gasteiger partial charge on any atom is -0.321 e. The number of hydrogen-bond donors (Lipinski definition) is 1. The van der Waals surface area contributed by atoms with Crippen LogP contribution in [-0.4, -0.2) is 14.3 Å². The Bertz CT molecular complexity index is 1040. The number of para-hydroxylation sites is 1. The molecule has 0 saturated heterocycles. The van der Waals surface area contributed by atoms with E-state index in [4.69, 9.17) is 0 Å². The van der Waals surface area contributed by atoms with E-state index in [0.717, 1.165) is 33.7 Å². The maximum atomic E-state index is 12.7. The van der Waals surface area contributed by atoms with Crippen molar-refractivity contribution in [2.24, 2.45) is 0 Å². The summed E-state index contributed by atoms with van der Waals surface area (Å²) in [5, 5.41) is 2.88. The van der Waals surface area contributed by atoms with Crippen molar-refractivity contribution >= 4 is 32.8 Å². The van der Waals surface area contributed by atoms with Crippen molar-refractivity contribution in [3.05, 3.63) is 76.2 Å². The predicted molar refractivity (Wildman–Crippen MR) is 105 cm³/mol. The highest BCUT2D eigenvalue weighted by Crippen LogP contribution is 2.29. The maximum absolute atomic E-state index is 12.7. The van der Waals surface area contributed by atoms with Crippen molar-refractivity contribution < 1.29 is 13.2 Å². The van der Waals surface area contributed by atoms with Crippen LogP contribution in [0.15, 0.2) is 63.7 Å². The second kappa shape index (κ2) is 7.05. The van der Waals surface area contributed by atoms with Crippen LogP contribution < -0.4 is 5.32 Å². The highest BCUT2D eigenvalue weighted by molar-refractivity contribution is 7.93. The van der Waals surface area contributed by atoms with E-state index >= 15 is 0 Å². The molecule has 6 heteroatoms. The predicted octanol–water partition coefficient (Wildman–Crippen LogP) is 4.76. The molecule has 134 valence electrons. The average molecular weight is 386 g/mol. The Morgan fingerprint density at radius 3 is 2.12 bits per heavy atom. The van der Waals surface area contributed by atoms with Crippen molar-refractivity contribution in [2.75, 3.05) is 5.32 Å². The fraction of sp³-hybridized carbons (Fsp3) is 0.150. The van der Waals surface area contributed by atoms with Gasteiger partial charge in [0.05, 0.1) is 9.77 Å². The van der Waals surface area contributed by atoms with E-state index < -0.39 is 9.84 Å². The Hall–Kier alpha value is -2.44. The molecular formula is C20H19NO3S2. The largest absolute Gasteiger partial charge is 0.321 e. The molecule has 1 N–H and O–H groups in total. The van der Waals surface area contributed by atoms with Crippen LogP contribution in [0.5, 0.6) is 0 Å². The van der Waals surface area contributed by atoms with Gasteiger partial charge < -0.3 is 5.32 Å². The molecule has 0 unspecified atom stereocenters. The summed E-state index contributed by atoms with van der Waals surface area (Å²) in [4.78, 5) is 13.1. The highest BCUT2D eigenvalue weighted by Gasteiger charge is 2.22. The number of nitrogens with one attached hydrogen (secondary N) is 1. The third-order valence-corrected chi connectivity index (χ3v) is 7.47. The summed E-state index contributed by atoms with van der Waals surface area (Å²) >= 11 is 0.978. The number of sulfone groups is 1. The van der Waals surface area contributed by atoms with Crippen LogP contribution in [0, 0.1) is 20.8 Å². The number of rotatable bonds is 4. The standard InChI is InChI=1S/C20H19NO3S2/c1-13-7-9-16(10-8-13)26(23,24)18-12-11-17(25-18)20(22)21-19-14(2)5-4-6-15(19)3/h4-12H,1-3H3,(H,21,22). The SMILES string of the molecule is Cc1ccc(S(=O)(=O)c2ccc(C(=O)Nc3c(C)cccc3C)s2)cc1. The maximum Gasteiger partial charge on any atom is 0.265 e. The van der Waals surface area contributed by atoms with E-state index in [9.17, 15) is 13.2 Å². The molecule has 1 heterocycles. The van der Waals surface area contributed by atoms with E-state index in [1.807, 2.05) is 39.0 Å².